The van der Waals surface area contributed by atoms with Crippen molar-refractivity contribution < 1.29 is 17.9 Å². The van der Waals surface area contributed by atoms with Gasteiger partial charge in [0.05, 0.1) is 18.9 Å². The fourth-order valence-electron chi connectivity index (χ4n) is 1.80. The van der Waals surface area contributed by atoms with Gasteiger partial charge >= 0.3 is 0 Å². The van der Waals surface area contributed by atoms with Gasteiger partial charge in [-0.05, 0) is 13.8 Å². The minimum atomic E-state index is -3.58. The van der Waals surface area contributed by atoms with E-state index in [1.807, 2.05) is 6.92 Å². The van der Waals surface area contributed by atoms with Gasteiger partial charge in [0, 0.05) is 13.0 Å². The Bertz CT molecular complexity index is 538. The summed E-state index contributed by atoms with van der Waals surface area (Å²) in [4.78, 5) is 6.73. The predicted molar refractivity (Wildman–Crippen MR) is 68.1 cm³/mol. The van der Waals surface area contributed by atoms with Crippen LogP contribution in [-0.4, -0.2) is 43.4 Å². The number of nitrogens with one attached hydrogen (secondary N) is 2. The summed E-state index contributed by atoms with van der Waals surface area (Å²) in [6.45, 7) is 6.03. The van der Waals surface area contributed by atoms with Gasteiger partial charge in [-0.2, -0.15) is 0 Å². The third-order valence-electron chi connectivity index (χ3n) is 2.80. The number of H-pyrrole nitrogens is 1. The molecule has 2 heterocycles. The average Bonchev–Trinajstić information content (AvgIpc) is 2.93. The molecule has 7 nitrogen and oxygen atoms in total. The minimum absolute atomic E-state index is 0.0718. The third-order valence-corrected chi connectivity index (χ3v) is 4.13. The first-order valence-electron chi connectivity index (χ1n) is 6.18. The summed E-state index contributed by atoms with van der Waals surface area (Å²) in [7, 11) is -3.58. The molecule has 8 heteroatoms. The van der Waals surface area contributed by atoms with Gasteiger partial charge in [0.1, 0.15) is 5.82 Å². The third kappa shape index (κ3) is 3.53. The fraction of sp³-hybridized carbons (Fsp3) is 0.727. The van der Waals surface area contributed by atoms with Gasteiger partial charge in [0.2, 0.25) is 0 Å². The summed E-state index contributed by atoms with van der Waals surface area (Å²) in [5, 5.41) is 0.0718. The molecule has 1 unspecified atom stereocenters. The molecule has 2 rings (SSSR count). The molecule has 0 aromatic carbocycles. The van der Waals surface area contributed by atoms with Crippen molar-refractivity contribution >= 4 is 10.0 Å². The van der Waals surface area contributed by atoms with Crippen LogP contribution in [0.5, 0.6) is 0 Å². The molecule has 1 saturated heterocycles. The number of nitrogens with zero attached hydrogens (tertiary/aromatic N) is 1. The highest BCUT2D eigenvalue weighted by atomic mass is 32.2. The van der Waals surface area contributed by atoms with Crippen molar-refractivity contribution in [3.05, 3.63) is 12.0 Å². The van der Waals surface area contributed by atoms with Crippen LogP contribution in [0, 0.1) is 0 Å². The number of imidazole rings is 1. The number of rotatable bonds is 5. The van der Waals surface area contributed by atoms with Crippen LogP contribution in [0.1, 0.15) is 26.6 Å². The maximum Gasteiger partial charge on any atom is 0.257 e. The number of aromatic nitrogens is 2. The summed E-state index contributed by atoms with van der Waals surface area (Å²) in [5.74, 6) is -0.0126. The number of aromatic amines is 1. The number of hydrogen-bond donors (Lipinski definition) is 2. The van der Waals surface area contributed by atoms with Gasteiger partial charge in [-0.3, -0.25) is 0 Å². The van der Waals surface area contributed by atoms with Crippen molar-refractivity contribution in [3.8, 4) is 0 Å². The molecular weight excluding hydrogens is 270 g/mol. The molecule has 2 N–H and O–H groups in total. The SMILES string of the molecule is CCc1ncc(S(=O)(=O)NCC2COC(C)(C)O2)[nH]1. The number of hydrogen-bond acceptors (Lipinski definition) is 5. The Morgan fingerprint density at radius 2 is 2.32 bits per heavy atom. The zero-order valence-electron chi connectivity index (χ0n) is 11.3. The van der Waals surface area contributed by atoms with Gasteiger partial charge in [-0.15, -0.1) is 0 Å². The lowest BCUT2D eigenvalue weighted by molar-refractivity contribution is -0.137. The first kappa shape index (κ1) is 14.4. The highest BCUT2D eigenvalue weighted by molar-refractivity contribution is 7.89. The van der Waals surface area contributed by atoms with Crippen LogP contribution >= 0.6 is 0 Å². The van der Waals surface area contributed by atoms with Crippen LogP contribution in [0.15, 0.2) is 11.2 Å². The molecule has 1 fully saturated rings. The van der Waals surface area contributed by atoms with Crippen LogP contribution in [0.4, 0.5) is 0 Å². The first-order valence-corrected chi connectivity index (χ1v) is 7.66. The Morgan fingerprint density at radius 1 is 1.58 bits per heavy atom. The molecule has 19 heavy (non-hydrogen) atoms. The quantitative estimate of drug-likeness (QED) is 0.818. The molecule has 108 valence electrons. The monoisotopic (exact) mass is 289 g/mol. The molecule has 0 spiro atoms. The topological polar surface area (TPSA) is 93.3 Å². The molecular formula is C11H19N3O4S. The lowest BCUT2D eigenvalue weighted by atomic mass is 10.4. The van der Waals surface area contributed by atoms with Crippen LogP contribution in [0.2, 0.25) is 0 Å². The van der Waals surface area contributed by atoms with E-state index in [9.17, 15) is 8.42 Å². The van der Waals surface area contributed by atoms with E-state index in [1.54, 1.807) is 13.8 Å². The van der Waals surface area contributed by atoms with Crippen molar-refractivity contribution in [1.29, 1.82) is 0 Å². The van der Waals surface area contributed by atoms with E-state index in [4.69, 9.17) is 9.47 Å². The zero-order chi connectivity index (χ0) is 14.1. The van der Waals surface area contributed by atoms with E-state index in [2.05, 4.69) is 14.7 Å². The van der Waals surface area contributed by atoms with Crippen molar-refractivity contribution in [3.63, 3.8) is 0 Å². The Balaban J connectivity index is 1.95. The van der Waals surface area contributed by atoms with Gasteiger partial charge < -0.3 is 14.5 Å². The highest BCUT2D eigenvalue weighted by Gasteiger charge is 2.33. The molecule has 1 aliphatic heterocycles. The molecule has 1 aliphatic rings. The number of aryl methyl sites for hydroxylation is 1. The van der Waals surface area contributed by atoms with Gasteiger partial charge in [0.25, 0.3) is 10.0 Å². The summed E-state index contributed by atoms with van der Waals surface area (Å²) >= 11 is 0. The Morgan fingerprint density at radius 3 is 2.84 bits per heavy atom. The molecule has 1 aromatic heterocycles. The van der Waals surface area contributed by atoms with E-state index in [1.165, 1.54) is 6.20 Å². The van der Waals surface area contributed by atoms with Gasteiger partial charge in [0.15, 0.2) is 10.8 Å². The molecule has 0 aliphatic carbocycles. The lowest BCUT2D eigenvalue weighted by Gasteiger charge is -2.17. The smallest absolute Gasteiger partial charge is 0.257 e. The van der Waals surface area contributed by atoms with E-state index < -0.39 is 15.8 Å². The van der Waals surface area contributed by atoms with E-state index in [0.717, 1.165) is 0 Å². The summed E-state index contributed by atoms with van der Waals surface area (Å²) < 4.78 is 37.4. The minimum Gasteiger partial charge on any atom is -0.348 e. The van der Waals surface area contributed by atoms with Crippen LogP contribution in [-0.2, 0) is 25.9 Å². The number of ether oxygens (including phenoxy) is 2. The first-order chi connectivity index (χ1) is 8.82. The second-order valence-corrected chi connectivity index (χ2v) is 6.59. The van der Waals surface area contributed by atoms with Crippen LogP contribution < -0.4 is 4.72 Å². The highest BCUT2D eigenvalue weighted by Crippen LogP contribution is 2.22. The Hall–Kier alpha value is -0.960. The molecule has 1 aromatic rings. The summed E-state index contributed by atoms with van der Waals surface area (Å²) in [6.07, 6.45) is 1.69. The second-order valence-electron chi connectivity index (χ2n) is 4.85. The average molecular weight is 289 g/mol. The second kappa shape index (κ2) is 5.20. The Kier molecular flexibility index (Phi) is 3.95. The zero-order valence-corrected chi connectivity index (χ0v) is 12.1. The van der Waals surface area contributed by atoms with E-state index in [-0.39, 0.29) is 17.7 Å². The Labute approximate surface area is 112 Å². The normalized spacial score (nSPS) is 22.8. The molecule has 0 radical (unpaired) electrons. The fourth-order valence-corrected chi connectivity index (χ4v) is 2.81. The van der Waals surface area contributed by atoms with Crippen molar-refractivity contribution in [2.75, 3.05) is 13.2 Å². The molecule has 1 atom stereocenters. The maximum absolute atomic E-state index is 12.0. The van der Waals surface area contributed by atoms with Crippen molar-refractivity contribution in [2.45, 2.75) is 44.1 Å². The number of sulfonamides is 1. The van der Waals surface area contributed by atoms with E-state index in [0.29, 0.717) is 18.9 Å². The maximum atomic E-state index is 12.0. The molecule has 0 saturated carbocycles. The van der Waals surface area contributed by atoms with Crippen LogP contribution in [0.25, 0.3) is 0 Å². The molecule has 0 amide bonds. The lowest BCUT2D eigenvalue weighted by Crippen LogP contribution is -2.34. The standard InChI is InChI=1S/C11H19N3O4S/c1-4-9-12-6-10(14-9)19(15,16)13-5-8-7-17-11(2,3)18-8/h6,8,13H,4-5,7H2,1-3H3,(H,12,14). The predicted octanol–water partition coefficient (Wildman–Crippen LogP) is 0.402. The van der Waals surface area contributed by atoms with Gasteiger partial charge in [-0.25, -0.2) is 18.1 Å². The summed E-state index contributed by atoms with van der Waals surface area (Å²) in [5.41, 5.74) is 0. The van der Waals surface area contributed by atoms with Crippen molar-refractivity contribution in [2.24, 2.45) is 0 Å². The van der Waals surface area contributed by atoms with Crippen LogP contribution in [0.3, 0.4) is 0 Å². The largest absolute Gasteiger partial charge is 0.348 e. The summed E-state index contributed by atoms with van der Waals surface area (Å²) in [6, 6.07) is 0. The van der Waals surface area contributed by atoms with Gasteiger partial charge in [-0.1, -0.05) is 6.92 Å². The van der Waals surface area contributed by atoms with Crippen molar-refractivity contribution in [1.82, 2.24) is 14.7 Å². The molecule has 0 bridgehead atoms. The van der Waals surface area contributed by atoms with E-state index >= 15 is 0 Å².